The van der Waals surface area contributed by atoms with E-state index in [9.17, 15) is 9.59 Å². The van der Waals surface area contributed by atoms with Crippen molar-refractivity contribution in [3.05, 3.63) is 35.0 Å². The Morgan fingerprint density at radius 2 is 2.10 bits per heavy atom. The normalized spacial score (nSPS) is 12.3. The van der Waals surface area contributed by atoms with Crippen molar-refractivity contribution in [2.24, 2.45) is 7.05 Å². The average molecular weight is 311 g/mol. The van der Waals surface area contributed by atoms with Crippen LogP contribution in [0.4, 0.5) is 0 Å². The summed E-state index contributed by atoms with van der Waals surface area (Å²) in [6.07, 6.45) is 0. The topological polar surface area (TPSA) is 80.6 Å². The van der Waals surface area contributed by atoms with Gasteiger partial charge in [-0.05, 0) is 6.07 Å². The first kappa shape index (κ1) is 15.3. The summed E-state index contributed by atoms with van der Waals surface area (Å²) in [5.41, 5.74) is 1.02. The zero-order chi connectivity index (χ0) is 15.6. The van der Waals surface area contributed by atoms with E-state index < -0.39 is 17.9 Å². The van der Waals surface area contributed by atoms with Gasteiger partial charge in [-0.1, -0.05) is 29.8 Å². The van der Waals surface area contributed by atoms with Gasteiger partial charge in [0, 0.05) is 25.1 Å². The van der Waals surface area contributed by atoms with Gasteiger partial charge in [0.15, 0.2) is 6.04 Å². The molecule has 0 saturated heterocycles. The van der Waals surface area contributed by atoms with Crippen LogP contribution in [0.3, 0.4) is 0 Å². The Morgan fingerprint density at radius 3 is 2.67 bits per heavy atom. The minimum Gasteiger partial charge on any atom is -0.480 e. The number of aromatic nitrogens is 1. The van der Waals surface area contributed by atoms with Crippen molar-refractivity contribution in [2.45, 2.75) is 6.04 Å². The Hall–Kier alpha value is -2.05. The molecule has 2 aromatic rings. The number of carboxylic acids is 1. The predicted octanol–water partition coefficient (Wildman–Crippen LogP) is 1.66. The van der Waals surface area contributed by atoms with Gasteiger partial charge in [0.05, 0.1) is 11.6 Å². The molecule has 0 aliphatic heterocycles. The van der Waals surface area contributed by atoms with E-state index in [-0.39, 0.29) is 12.3 Å². The summed E-state index contributed by atoms with van der Waals surface area (Å²) in [5, 5.41) is 12.5. The van der Waals surface area contributed by atoms with Gasteiger partial charge in [-0.3, -0.25) is 4.79 Å². The number of nitrogens with zero attached hydrogens (tertiary/aromatic N) is 1. The van der Waals surface area contributed by atoms with E-state index in [4.69, 9.17) is 21.4 Å². The number of ether oxygens (including phenoxy) is 1. The number of para-hydroxylation sites is 1. The van der Waals surface area contributed by atoms with Crippen molar-refractivity contribution in [1.82, 2.24) is 9.88 Å². The first-order valence-electron chi connectivity index (χ1n) is 6.23. The number of methoxy groups -OCH3 is 1. The minimum absolute atomic E-state index is 0.122. The molecule has 6 nitrogen and oxygen atoms in total. The second-order valence-corrected chi connectivity index (χ2v) is 4.94. The minimum atomic E-state index is -1.17. The SMILES string of the molecule is COCC(NC(=O)c1c(Cl)c2ccccc2n1C)C(=O)O. The molecule has 1 atom stereocenters. The van der Waals surface area contributed by atoms with Gasteiger partial charge < -0.3 is 19.7 Å². The van der Waals surface area contributed by atoms with Crippen LogP contribution < -0.4 is 5.32 Å². The molecule has 0 bridgehead atoms. The summed E-state index contributed by atoms with van der Waals surface area (Å²) in [5.74, 6) is -1.72. The highest BCUT2D eigenvalue weighted by Crippen LogP contribution is 2.29. The van der Waals surface area contributed by atoms with Crippen LogP contribution in [0.25, 0.3) is 10.9 Å². The molecule has 7 heteroatoms. The summed E-state index contributed by atoms with van der Waals surface area (Å²) in [6, 6.07) is 6.17. The smallest absolute Gasteiger partial charge is 0.328 e. The molecule has 21 heavy (non-hydrogen) atoms. The lowest BCUT2D eigenvalue weighted by atomic mass is 10.2. The largest absolute Gasteiger partial charge is 0.480 e. The molecule has 1 unspecified atom stereocenters. The van der Waals surface area contributed by atoms with E-state index in [0.29, 0.717) is 5.02 Å². The van der Waals surface area contributed by atoms with Crippen LogP contribution in [0.5, 0.6) is 0 Å². The van der Waals surface area contributed by atoms with Crippen LogP contribution in [-0.2, 0) is 16.6 Å². The highest BCUT2D eigenvalue weighted by Gasteiger charge is 2.25. The zero-order valence-electron chi connectivity index (χ0n) is 11.6. The van der Waals surface area contributed by atoms with Crippen LogP contribution in [0, 0.1) is 0 Å². The number of carbonyl (C=O) groups is 2. The summed E-state index contributed by atoms with van der Waals surface area (Å²) in [6.45, 7) is -0.122. The molecule has 1 heterocycles. The van der Waals surface area contributed by atoms with E-state index in [1.165, 1.54) is 7.11 Å². The zero-order valence-corrected chi connectivity index (χ0v) is 12.3. The van der Waals surface area contributed by atoms with Crippen molar-refractivity contribution in [3.63, 3.8) is 0 Å². The first-order valence-corrected chi connectivity index (χ1v) is 6.60. The fourth-order valence-electron chi connectivity index (χ4n) is 2.17. The quantitative estimate of drug-likeness (QED) is 0.880. The fraction of sp³-hybridized carbons (Fsp3) is 0.286. The second-order valence-electron chi connectivity index (χ2n) is 4.56. The number of halogens is 1. The van der Waals surface area contributed by atoms with Crippen LogP contribution in [0.15, 0.2) is 24.3 Å². The number of rotatable bonds is 5. The number of fused-ring (bicyclic) bond motifs is 1. The molecule has 0 aliphatic rings. The van der Waals surface area contributed by atoms with Crippen molar-refractivity contribution in [3.8, 4) is 0 Å². The number of carbonyl (C=O) groups excluding carboxylic acids is 1. The van der Waals surface area contributed by atoms with Gasteiger partial charge in [0.2, 0.25) is 0 Å². The Kier molecular flexibility index (Phi) is 4.50. The lowest BCUT2D eigenvalue weighted by molar-refractivity contribution is -0.140. The Bertz CT molecular complexity index is 657. The fourth-order valence-corrected chi connectivity index (χ4v) is 2.54. The molecule has 1 amide bonds. The molecule has 2 rings (SSSR count). The predicted molar refractivity (Wildman–Crippen MR) is 78.7 cm³/mol. The van der Waals surface area contributed by atoms with Gasteiger partial charge in [0.1, 0.15) is 5.69 Å². The molecule has 2 N–H and O–H groups in total. The van der Waals surface area contributed by atoms with Crippen molar-refractivity contribution >= 4 is 34.4 Å². The summed E-state index contributed by atoms with van der Waals surface area (Å²) in [4.78, 5) is 23.4. The van der Waals surface area contributed by atoms with Gasteiger partial charge in [-0.15, -0.1) is 0 Å². The Morgan fingerprint density at radius 1 is 1.43 bits per heavy atom. The summed E-state index contributed by atoms with van der Waals surface area (Å²) < 4.78 is 6.42. The van der Waals surface area contributed by atoms with Crippen molar-refractivity contribution < 1.29 is 19.4 Å². The standard InChI is InChI=1S/C14H15ClN2O4/c1-17-10-6-4-3-5-8(10)11(15)12(17)13(18)16-9(7-21-2)14(19)20/h3-6,9H,7H2,1-2H3,(H,16,18)(H,19,20). The number of hydrogen-bond acceptors (Lipinski definition) is 3. The molecular weight excluding hydrogens is 296 g/mol. The second kappa shape index (κ2) is 6.15. The number of amides is 1. The van der Waals surface area contributed by atoms with E-state index in [0.717, 1.165) is 10.9 Å². The molecule has 0 radical (unpaired) electrons. The monoisotopic (exact) mass is 310 g/mol. The number of aliphatic carboxylic acids is 1. The van der Waals surface area contributed by atoms with Crippen molar-refractivity contribution in [1.29, 1.82) is 0 Å². The van der Waals surface area contributed by atoms with Gasteiger partial charge in [0.25, 0.3) is 5.91 Å². The average Bonchev–Trinajstić information content (AvgIpc) is 2.71. The molecule has 1 aromatic carbocycles. The highest BCUT2D eigenvalue weighted by molar-refractivity contribution is 6.38. The number of hydrogen-bond donors (Lipinski definition) is 2. The van der Waals surface area contributed by atoms with Crippen LogP contribution in [0.2, 0.25) is 5.02 Å². The summed E-state index contributed by atoms with van der Waals surface area (Å²) >= 11 is 6.24. The number of benzene rings is 1. The maximum Gasteiger partial charge on any atom is 0.328 e. The van der Waals surface area contributed by atoms with Crippen molar-refractivity contribution in [2.75, 3.05) is 13.7 Å². The van der Waals surface area contributed by atoms with Crippen LogP contribution in [0.1, 0.15) is 10.5 Å². The lowest BCUT2D eigenvalue weighted by Gasteiger charge is -2.14. The summed E-state index contributed by atoms with van der Waals surface area (Å²) in [7, 11) is 3.07. The maximum absolute atomic E-state index is 12.3. The molecular formula is C14H15ClN2O4. The molecule has 0 aliphatic carbocycles. The Labute approximate surface area is 126 Å². The van der Waals surface area contributed by atoms with Crippen LogP contribution >= 0.6 is 11.6 Å². The first-order chi connectivity index (χ1) is 9.97. The lowest BCUT2D eigenvalue weighted by Crippen LogP contribution is -2.44. The third-order valence-corrected chi connectivity index (χ3v) is 3.58. The molecule has 0 fully saturated rings. The van der Waals surface area contributed by atoms with Gasteiger partial charge >= 0.3 is 5.97 Å². The molecule has 0 saturated carbocycles. The third-order valence-electron chi connectivity index (χ3n) is 3.20. The maximum atomic E-state index is 12.3. The number of carboxylic acid groups (broad SMARTS) is 1. The molecule has 112 valence electrons. The molecule has 1 aromatic heterocycles. The number of nitrogens with one attached hydrogen (secondary N) is 1. The highest BCUT2D eigenvalue weighted by atomic mass is 35.5. The number of aryl methyl sites for hydroxylation is 1. The van der Waals surface area contributed by atoms with E-state index in [2.05, 4.69) is 5.32 Å². The van der Waals surface area contributed by atoms with Gasteiger partial charge in [-0.2, -0.15) is 0 Å². The van der Waals surface area contributed by atoms with Gasteiger partial charge in [-0.25, -0.2) is 4.79 Å². The Balaban J connectivity index is 2.37. The van der Waals surface area contributed by atoms with Crippen LogP contribution in [-0.4, -0.2) is 41.3 Å². The van der Waals surface area contributed by atoms with E-state index in [1.54, 1.807) is 17.7 Å². The third kappa shape index (κ3) is 2.86. The van der Waals surface area contributed by atoms with E-state index in [1.807, 2.05) is 18.2 Å². The van der Waals surface area contributed by atoms with E-state index >= 15 is 0 Å². The molecule has 0 spiro atoms.